The summed E-state index contributed by atoms with van der Waals surface area (Å²) in [6.07, 6.45) is 4.00. The number of fused-ring (bicyclic) bond motifs is 1. The Bertz CT molecular complexity index is 1340. The number of imidazole rings is 1. The van der Waals surface area contributed by atoms with Crippen molar-refractivity contribution in [1.29, 1.82) is 5.26 Å². The zero-order valence-corrected chi connectivity index (χ0v) is 22.4. The molecule has 0 fully saturated rings. The SMILES string of the molecule is COc1ccc(C)cc1[C@@H](C)CC(=O)Nc1sc2c(c1C#N)CCN(C(=O)OCCn1cnc(C)c1)C2. The Hall–Kier alpha value is -3.84. The molecule has 1 N–H and O–H groups in total. The topological polar surface area (TPSA) is 109 Å². The summed E-state index contributed by atoms with van der Waals surface area (Å²) in [5.74, 6) is 0.519. The number of carbonyl (C=O) groups is 2. The molecule has 194 valence electrons. The van der Waals surface area contributed by atoms with E-state index in [4.69, 9.17) is 9.47 Å². The van der Waals surface area contributed by atoms with Crippen LogP contribution in [0.5, 0.6) is 5.75 Å². The maximum Gasteiger partial charge on any atom is 0.410 e. The average molecular weight is 522 g/mol. The number of benzene rings is 1. The van der Waals surface area contributed by atoms with E-state index in [9.17, 15) is 14.9 Å². The average Bonchev–Trinajstić information content (AvgIpc) is 3.45. The molecule has 0 saturated carbocycles. The van der Waals surface area contributed by atoms with Gasteiger partial charge >= 0.3 is 6.09 Å². The maximum atomic E-state index is 12.9. The smallest absolute Gasteiger partial charge is 0.410 e. The van der Waals surface area contributed by atoms with Gasteiger partial charge in [0.1, 0.15) is 23.4 Å². The summed E-state index contributed by atoms with van der Waals surface area (Å²) < 4.78 is 12.8. The molecule has 10 heteroatoms. The Labute approximate surface area is 220 Å². The van der Waals surface area contributed by atoms with Crippen molar-refractivity contribution < 1.29 is 19.1 Å². The Morgan fingerprint density at radius 2 is 2.14 bits per heavy atom. The third-order valence-electron chi connectivity index (χ3n) is 6.42. The van der Waals surface area contributed by atoms with E-state index in [1.54, 1.807) is 18.3 Å². The van der Waals surface area contributed by atoms with Crippen LogP contribution < -0.4 is 10.1 Å². The number of nitriles is 1. The number of nitrogens with one attached hydrogen (secondary N) is 1. The number of amides is 2. The first kappa shape index (κ1) is 26.2. The Kier molecular flexibility index (Phi) is 8.14. The first-order valence-corrected chi connectivity index (χ1v) is 13.0. The molecular formula is C27H31N5O4S. The second kappa shape index (κ2) is 11.5. The molecule has 1 aliphatic rings. The van der Waals surface area contributed by atoms with Crippen LogP contribution in [0, 0.1) is 25.2 Å². The number of methoxy groups -OCH3 is 1. The van der Waals surface area contributed by atoms with Crippen LogP contribution in [0.25, 0.3) is 0 Å². The molecule has 3 heterocycles. The molecule has 0 aliphatic carbocycles. The summed E-state index contributed by atoms with van der Waals surface area (Å²) in [5.41, 5.74) is 4.36. The van der Waals surface area contributed by atoms with Crippen LogP contribution in [-0.2, 0) is 29.0 Å². The zero-order valence-electron chi connectivity index (χ0n) is 21.5. The number of aromatic nitrogens is 2. The highest BCUT2D eigenvalue weighted by atomic mass is 32.1. The lowest BCUT2D eigenvalue weighted by Crippen LogP contribution is -2.36. The first-order chi connectivity index (χ1) is 17.8. The molecule has 0 spiro atoms. The van der Waals surface area contributed by atoms with Crippen molar-refractivity contribution in [3.63, 3.8) is 0 Å². The fourth-order valence-corrected chi connectivity index (χ4v) is 5.72. The third kappa shape index (κ3) is 6.12. The van der Waals surface area contributed by atoms with Crippen molar-refractivity contribution in [3.8, 4) is 11.8 Å². The van der Waals surface area contributed by atoms with Crippen LogP contribution in [0.4, 0.5) is 9.80 Å². The van der Waals surface area contributed by atoms with E-state index in [2.05, 4.69) is 16.4 Å². The van der Waals surface area contributed by atoms with Crippen LogP contribution >= 0.6 is 11.3 Å². The number of ether oxygens (including phenoxy) is 2. The molecular weight excluding hydrogens is 490 g/mol. The summed E-state index contributed by atoms with van der Waals surface area (Å²) in [5, 5.41) is 13.3. The van der Waals surface area contributed by atoms with E-state index in [1.807, 2.05) is 49.7 Å². The molecule has 2 aromatic heterocycles. The number of hydrogen-bond donors (Lipinski definition) is 1. The summed E-state index contributed by atoms with van der Waals surface area (Å²) >= 11 is 1.35. The monoisotopic (exact) mass is 521 g/mol. The van der Waals surface area contributed by atoms with Crippen molar-refractivity contribution in [2.75, 3.05) is 25.6 Å². The van der Waals surface area contributed by atoms with Gasteiger partial charge in [-0.2, -0.15) is 5.26 Å². The van der Waals surface area contributed by atoms with Crippen LogP contribution in [-0.4, -0.2) is 46.7 Å². The van der Waals surface area contributed by atoms with Gasteiger partial charge in [0.2, 0.25) is 5.91 Å². The van der Waals surface area contributed by atoms with Crippen LogP contribution in [0.15, 0.2) is 30.7 Å². The van der Waals surface area contributed by atoms with Gasteiger partial charge in [-0.1, -0.05) is 24.6 Å². The van der Waals surface area contributed by atoms with Gasteiger partial charge in [0, 0.05) is 24.0 Å². The van der Waals surface area contributed by atoms with Gasteiger partial charge in [0.25, 0.3) is 0 Å². The van der Waals surface area contributed by atoms with Crippen molar-refractivity contribution in [3.05, 3.63) is 63.5 Å². The van der Waals surface area contributed by atoms with Crippen LogP contribution in [0.2, 0.25) is 0 Å². The summed E-state index contributed by atoms with van der Waals surface area (Å²) in [6, 6.07) is 8.17. The maximum absolute atomic E-state index is 12.9. The van der Waals surface area contributed by atoms with Gasteiger partial charge < -0.3 is 24.3 Å². The minimum atomic E-state index is -0.388. The van der Waals surface area contributed by atoms with E-state index in [1.165, 1.54) is 11.3 Å². The van der Waals surface area contributed by atoms with E-state index in [0.29, 0.717) is 36.6 Å². The van der Waals surface area contributed by atoms with Crippen molar-refractivity contribution in [2.24, 2.45) is 0 Å². The minimum absolute atomic E-state index is 0.0635. The largest absolute Gasteiger partial charge is 0.496 e. The number of anilines is 1. The summed E-state index contributed by atoms with van der Waals surface area (Å²) in [6.45, 7) is 7.49. The van der Waals surface area contributed by atoms with E-state index < -0.39 is 0 Å². The number of nitrogens with zero attached hydrogens (tertiary/aromatic N) is 4. The molecule has 2 amide bonds. The second-order valence-electron chi connectivity index (χ2n) is 9.26. The number of aryl methyl sites for hydroxylation is 2. The molecule has 37 heavy (non-hydrogen) atoms. The first-order valence-electron chi connectivity index (χ1n) is 12.2. The zero-order chi connectivity index (χ0) is 26.5. The molecule has 0 radical (unpaired) electrons. The highest BCUT2D eigenvalue weighted by molar-refractivity contribution is 7.16. The van der Waals surface area contributed by atoms with Gasteiger partial charge in [0.05, 0.1) is 37.8 Å². The van der Waals surface area contributed by atoms with Gasteiger partial charge in [-0.15, -0.1) is 11.3 Å². The number of carbonyl (C=O) groups excluding carboxylic acids is 2. The Morgan fingerprint density at radius 1 is 1.32 bits per heavy atom. The summed E-state index contributed by atoms with van der Waals surface area (Å²) in [4.78, 5) is 32.2. The quantitative estimate of drug-likeness (QED) is 0.457. The molecule has 1 aromatic carbocycles. The fourth-order valence-electron chi connectivity index (χ4n) is 4.49. The Morgan fingerprint density at radius 3 is 2.84 bits per heavy atom. The van der Waals surface area contributed by atoms with Gasteiger partial charge in [0.15, 0.2) is 0 Å². The van der Waals surface area contributed by atoms with Gasteiger partial charge in [-0.3, -0.25) is 4.79 Å². The molecule has 1 atom stereocenters. The van der Waals surface area contributed by atoms with Crippen LogP contribution in [0.1, 0.15) is 52.1 Å². The predicted octanol–water partition coefficient (Wildman–Crippen LogP) is 4.77. The van der Waals surface area contributed by atoms with E-state index in [-0.39, 0.29) is 30.9 Å². The predicted molar refractivity (Wildman–Crippen MR) is 141 cm³/mol. The van der Waals surface area contributed by atoms with Gasteiger partial charge in [-0.25, -0.2) is 9.78 Å². The Balaban J connectivity index is 1.37. The number of rotatable bonds is 8. The lowest BCUT2D eigenvalue weighted by atomic mass is 9.95. The molecule has 3 aromatic rings. The molecule has 1 aliphatic heterocycles. The number of hydrogen-bond acceptors (Lipinski definition) is 7. The second-order valence-corrected chi connectivity index (χ2v) is 10.4. The molecule has 4 rings (SSSR count). The van der Waals surface area contributed by atoms with E-state index >= 15 is 0 Å². The summed E-state index contributed by atoms with van der Waals surface area (Å²) in [7, 11) is 1.62. The highest BCUT2D eigenvalue weighted by Gasteiger charge is 2.28. The lowest BCUT2D eigenvalue weighted by molar-refractivity contribution is -0.116. The normalized spacial score (nSPS) is 13.4. The highest BCUT2D eigenvalue weighted by Crippen LogP contribution is 2.37. The fraction of sp³-hybridized carbons (Fsp3) is 0.407. The third-order valence-corrected chi connectivity index (χ3v) is 7.56. The standard InChI is InChI=1S/C27H31N5O4S/c1-17-5-6-23(35-4)21(11-17)18(2)12-25(33)30-26-22(13-28)20-7-8-32(15-24(20)37-26)27(34)36-10-9-31-14-19(3)29-16-31/h5-6,11,14,16,18H,7-10,12,15H2,1-4H3,(H,30,33)/t18-/m0/s1. The molecule has 9 nitrogen and oxygen atoms in total. The van der Waals surface area contributed by atoms with Crippen molar-refractivity contribution in [1.82, 2.24) is 14.5 Å². The lowest BCUT2D eigenvalue weighted by Gasteiger charge is -2.26. The van der Waals surface area contributed by atoms with Crippen molar-refractivity contribution >= 4 is 28.3 Å². The molecule has 0 saturated heterocycles. The molecule has 0 bridgehead atoms. The van der Waals surface area contributed by atoms with Crippen molar-refractivity contribution in [2.45, 2.75) is 52.6 Å². The van der Waals surface area contributed by atoms with Gasteiger partial charge in [-0.05, 0) is 43.4 Å². The van der Waals surface area contributed by atoms with E-state index in [0.717, 1.165) is 33.0 Å². The number of thiophene rings is 1. The molecule has 0 unspecified atom stereocenters. The minimum Gasteiger partial charge on any atom is -0.496 e. The van der Waals surface area contributed by atoms with Crippen LogP contribution in [0.3, 0.4) is 0 Å².